The van der Waals surface area contributed by atoms with Gasteiger partial charge in [0, 0.05) is 0 Å². The molecule has 0 atom stereocenters. The molecule has 4 nitrogen and oxygen atoms in total. The van der Waals surface area contributed by atoms with E-state index in [1.807, 2.05) is 35.9 Å². The van der Waals surface area contributed by atoms with E-state index in [0.717, 1.165) is 24.0 Å². The Bertz CT molecular complexity index is 676. The molecule has 2 aromatic rings. The third-order valence-corrected chi connectivity index (χ3v) is 5.03. The number of unbranched alkanes of at least 4 members (excludes halogenated alkanes) is 9. The summed E-state index contributed by atoms with van der Waals surface area (Å²) in [5.74, 6) is -0.483. The number of hydrogen-bond donors (Lipinski definition) is 1. The van der Waals surface area contributed by atoms with Gasteiger partial charge >= 0.3 is 11.8 Å². The summed E-state index contributed by atoms with van der Waals surface area (Å²) < 4.78 is 3.75. The molecule has 0 saturated carbocycles. The first-order valence-electron chi connectivity index (χ1n) is 9.87. The minimum atomic E-state index is -0.856. The maximum Gasteiger partial charge on any atom is 0.419 e. The normalized spacial score (nSPS) is 11.3. The summed E-state index contributed by atoms with van der Waals surface area (Å²) in [5.41, 5.74) is 1.99. The molecule has 138 valence electrons. The van der Waals surface area contributed by atoms with Crippen LogP contribution in [0.25, 0.3) is 11.0 Å². The van der Waals surface area contributed by atoms with Crippen molar-refractivity contribution in [2.45, 2.75) is 77.7 Å². The third kappa shape index (κ3) is 5.32. The van der Waals surface area contributed by atoms with Gasteiger partial charge in [-0.25, -0.2) is 13.9 Å². The van der Waals surface area contributed by atoms with Crippen LogP contribution in [-0.2, 0) is 13.6 Å². The van der Waals surface area contributed by atoms with Crippen LogP contribution in [0.4, 0.5) is 0 Å². The number of hydrogen-bond acceptors (Lipinski definition) is 1. The predicted molar refractivity (Wildman–Crippen MR) is 102 cm³/mol. The summed E-state index contributed by atoms with van der Waals surface area (Å²) in [6.45, 7) is 3.03. The van der Waals surface area contributed by atoms with E-state index in [0.29, 0.717) is 5.82 Å². The van der Waals surface area contributed by atoms with Crippen molar-refractivity contribution in [3.63, 3.8) is 0 Å². The van der Waals surface area contributed by atoms with Gasteiger partial charge in [0.25, 0.3) is 0 Å². The molecule has 0 aliphatic carbocycles. The fraction of sp³-hybridized carbons (Fsp3) is 0.619. The zero-order chi connectivity index (χ0) is 18.1. The average Bonchev–Trinajstić information content (AvgIpc) is 2.89. The van der Waals surface area contributed by atoms with Crippen molar-refractivity contribution in [2.75, 3.05) is 0 Å². The van der Waals surface area contributed by atoms with Crippen LogP contribution >= 0.6 is 0 Å². The highest BCUT2D eigenvalue weighted by Crippen LogP contribution is 2.16. The first-order chi connectivity index (χ1) is 12.2. The first-order valence-corrected chi connectivity index (χ1v) is 9.87. The number of para-hydroxylation sites is 2. The van der Waals surface area contributed by atoms with E-state index < -0.39 is 5.97 Å². The van der Waals surface area contributed by atoms with Crippen molar-refractivity contribution in [3.8, 4) is 0 Å². The Balaban J connectivity index is 1.79. The molecule has 0 saturated heterocycles. The van der Waals surface area contributed by atoms with Gasteiger partial charge in [0.05, 0.1) is 13.6 Å². The Morgan fingerprint density at radius 2 is 1.52 bits per heavy atom. The van der Waals surface area contributed by atoms with Gasteiger partial charge in [0.15, 0.2) is 11.0 Å². The van der Waals surface area contributed by atoms with Crippen LogP contribution in [0.15, 0.2) is 24.3 Å². The number of carboxylic acid groups (broad SMARTS) is 1. The maximum absolute atomic E-state index is 11.7. The summed E-state index contributed by atoms with van der Waals surface area (Å²) in [5, 5.41) is 9.57. The van der Waals surface area contributed by atoms with Crippen LogP contribution in [0.1, 0.15) is 81.8 Å². The third-order valence-electron chi connectivity index (χ3n) is 5.03. The van der Waals surface area contributed by atoms with Gasteiger partial charge in [-0.2, -0.15) is 0 Å². The number of carbonyl (C=O) groups is 1. The second kappa shape index (κ2) is 10.2. The summed E-state index contributed by atoms with van der Waals surface area (Å²) in [6, 6.07) is 7.93. The number of imidazole rings is 1. The number of aromatic carboxylic acids is 1. The molecule has 1 heterocycles. The summed E-state index contributed by atoms with van der Waals surface area (Å²) in [6.07, 6.45) is 12.9. The number of carboxylic acids is 1. The van der Waals surface area contributed by atoms with Crippen LogP contribution in [0, 0.1) is 0 Å². The highest BCUT2D eigenvalue weighted by Gasteiger charge is 2.27. The molecule has 0 fully saturated rings. The number of nitrogens with zero attached hydrogens (tertiary/aromatic N) is 2. The number of fused-ring (bicyclic) bond motifs is 1. The van der Waals surface area contributed by atoms with Gasteiger partial charge in [-0.3, -0.25) is 0 Å². The van der Waals surface area contributed by atoms with Gasteiger partial charge in [-0.15, -0.1) is 0 Å². The molecular weight excluding hydrogens is 312 g/mol. The van der Waals surface area contributed by atoms with Crippen LogP contribution < -0.4 is 4.57 Å². The first kappa shape index (κ1) is 19.5. The van der Waals surface area contributed by atoms with E-state index in [2.05, 4.69) is 6.92 Å². The van der Waals surface area contributed by atoms with E-state index in [4.69, 9.17) is 0 Å². The molecule has 25 heavy (non-hydrogen) atoms. The molecule has 0 spiro atoms. The Morgan fingerprint density at radius 3 is 2.12 bits per heavy atom. The highest BCUT2D eigenvalue weighted by atomic mass is 16.4. The van der Waals surface area contributed by atoms with Crippen LogP contribution in [0.3, 0.4) is 0 Å². The summed E-state index contributed by atoms with van der Waals surface area (Å²) >= 11 is 0. The molecule has 1 aromatic carbocycles. The van der Waals surface area contributed by atoms with Gasteiger partial charge in [-0.1, -0.05) is 70.4 Å². The zero-order valence-electron chi connectivity index (χ0n) is 15.8. The smallest absolute Gasteiger partial charge is 0.419 e. The number of aryl methyl sites for hydroxylation is 2. The predicted octanol–water partition coefficient (Wildman–Crippen LogP) is 5.08. The largest absolute Gasteiger partial charge is 0.472 e. The van der Waals surface area contributed by atoms with E-state index in [1.54, 1.807) is 4.57 Å². The Morgan fingerprint density at radius 1 is 0.960 bits per heavy atom. The lowest BCUT2D eigenvalue weighted by Crippen LogP contribution is -2.36. The lowest BCUT2D eigenvalue weighted by molar-refractivity contribution is -0.648. The molecule has 0 aliphatic heterocycles. The standard InChI is InChI=1S/C21H32N2O2/c1-3-4-5-6-7-8-9-10-11-14-17-23-19-16-13-12-15-18(19)22(2)20(23)21(24)25/h12-13,15-16H,3-11,14,17H2,1-2H3/p+1. The Kier molecular flexibility index (Phi) is 7.96. The van der Waals surface area contributed by atoms with Gasteiger partial charge in [-0.05, 0) is 25.0 Å². The second-order valence-electron chi connectivity index (χ2n) is 7.01. The van der Waals surface area contributed by atoms with Gasteiger partial charge in [0.2, 0.25) is 0 Å². The fourth-order valence-electron chi connectivity index (χ4n) is 3.63. The lowest BCUT2D eigenvalue weighted by atomic mass is 10.1. The van der Waals surface area contributed by atoms with E-state index in [9.17, 15) is 9.90 Å². The molecule has 4 heteroatoms. The minimum absolute atomic E-state index is 0.372. The molecule has 0 unspecified atom stereocenters. The zero-order valence-corrected chi connectivity index (χ0v) is 15.8. The summed E-state index contributed by atoms with van der Waals surface area (Å²) in [4.78, 5) is 11.7. The van der Waals surface area contributed by atoms with Crippen molar-refractivity contribution in [1.29, 1.82) is 0 Å². The maximum atomic E-state index is 11.7. The van der Waals surface area contributed by atoms with Crippen molar-refractivity contribution >= 4 is 17.0 Å². The van der Waals surface area contributed by atoms with Crippen molar-refractivity contribution in [3.05, 3.63) is 30.1 Å². The van der Waals surface area contributed by atoms with Crippen LogP contribution in [0.5, 0.6) is 0 Å². The molecule has 0 radical (unpaired) electrons. The van der Waals surface area contributed by atoms with Gasteiger partial charge < -0.3 is 5.11 Å². The molecule has 1 N–H and O–H groups in total. The van der Waals surface area contributed by atoms with Crippen molar-refractivity contribution in [2.24, 2.45) is 7.05 Å². The topological polar surface area (TPSA) is 46.1 Å². The van der Waals surface area contributed by atoms with E-state index in [-0.39, 0.29) is 0 Å². The molecule has 0 amide bonds. The summed E-state index contributed by atoms with van der Waals surface area (Å²) in [7, 11) is 1.83. The number of rotatable bonds is 12. The second-order valence-corrected chi connectivity index (χ2v) is 7.01. The lowest BCUT2D eigenvalue weighted by Gasteiger charge is -2.03. The Labute approximate surface area is 151 Å². The number of aromatic nitrogens is 2. The molecular formula is C21H33N2O2+. The van der Waals surface area contributed by atoms with Gasteiger partial charge in [0.1, 0.15) is 0 Å². The molecule has 0 bridgehead atoms. The van der Waals surface area contributed by atoms with Crippen LogP contribution in [-0.4, -0.2) is 15.6 Å². The number of benzene rings is 1. The highest BCUT2D eigenvalue weighted by molar-refractivity contribution is 5.86. The monoisotopic (exact) mass is 345 g/mol. The SMILES string of the molecule is CCCCCCCCCCCCn1c(C(=O)O)[n+](C)c2ccccc21. The van der Waals surface area contributed by atoms with Crippen molar-refractivity contribution in [1.82, 2.24) is 4.57 Å². The molecule has 2 rings (SSSR count). The Hall–Kier alpha value is -1.84. The fourth-order valence-corrected chi connectivity index (χ4v) is 3.63. The average molecular weight is 346 g/mol. The van der Waals surface area contributed by atoms with E-state index >= 15 is 0 Å². The molecule has 1 aromatic heterocycles. The van der Waals surface area contributed by atoms with Crippen molar-refractivity contribution < 1.29 is 14.5 Å². The minimum Gasteiger partial charge on any atom is -0.472 e. The van der Waals surface area contributed by atoms with Crippen LogP contribution in [0.2, 0.25) is 0 Å². The quantitative estimate of drug-likeness (QED) is 0.430. The van der Waals surface area contributed by atoms with E-state index in [1.165, 1.54) is 57.8 Å². The molecule has 0 aliphatic rings.